The first-order valence-electron chi connectivity index (χ1n) is 7.43. The highest BCUT2D eigenvalue weighted by atomic mass is 79.9. The average molecular weight is 367 g/mol. The average Bonchev–Trinajstić information content (AvgIpc) is 3.26. The van der Waals surface area contributed by atoms with Crippen LogP contribution in [0.4, 0.5) is 4.39 Å². The number of hydrogen-bond acceptors (Lipinski definition) is 3. The standard InChI is InChI=1S/C17H20BrFN2O/c1-11(20)13(10-21-9-12-2-3-12)4-7-17(22)15-6-5-14(19)8-16(15)18/h5-6,8,10,12,20-21H,2-4,7,9H2,1H3/b13-10-,20-11?. The van der Waals surface area contributed by atoms with Crippen LogP contribution in [0, 0.1) is 17.1 Å². The second kappa shape index (κ2) is 7.68. The van der Waals surface area contributed by atoms with E-state index in [4.69, 9.17) is 5.41 Å². The Morgan fingerprint density at radius 3 is 2.77 bits per heavy atom. The Kier molecular flexibility index (Phi) is 5.89. The van der Waals surface area contributed by atoms with Crippen molar-refractivity contribution < 1.29 is 9.18 Å². The van der Waals surface area contributed by atoms with Gasteiger partial charge in [0.2, 0.25) is 0 Å². The third-order valence-corrected chi connectivity index (χ3v) is 4.37. The monoisotopic (exact) mass is 366 g/mol. The summed E-state index contributed by atoms with van der Waals surface area (Å²) in [5, 5.41) is 11.0. The Hall–Kier alpha value is -1.49. The molecular weight excluding hydrogens is 347 g/mol. The molecule has 1 saturated carbocycles. The van der Waals surface area contributed by atoms with Crippen LogP contribution in [0.15, 0.2) is 34.4 Å². The number of Topliss-reactive ketones (excluding diaryl/α,β-unsaturated/α-hetero) is 1. The summed E-state index contributed by atoms with van der Waals surface area (Å²) in [7, 11) is 0. The van der Waals surface area contributed by atoms with Crippen LogP contribution in [0.3, 0.4) is 0 Å². The smallest absolute Gasteiger partial charge is 0.164 e. The van der Waals surface area contributed by atoms with Crippen LogP contribution in [-0.4, -0.2) is 18.0 Å². The van der Waals surface area contributed by atoms with E-state index in [1.54, 1.807) is 6.92 Å². The lowest BCUT2D eigenvalue weighted by Gasteiger charge is -2.08. The fourth-order valence-corrected chi connectivity index (χ4v) is 2.71. The first-order valence-corrected chi connectivity index (χ1v) is 8.23. The van der Waals surface area contributed by atoms with Gasteiger partial charge in [0, 0.05) is 34.9 Å². The number of ketones is 1. The molecule has 5 heteroatoms. The minimum atomic E-state index is -0.372. The highest BCUT2D eigenvalue weighted by molar-refractivity contribution is 9.10. The van der Waals surface area contributed by atoms with Crippen LogP contribution >= 0.6 is 15.9 Å². The SMILES string of the molecule is CC(=N)/C(=C\NCC1CC1)CCC(=O)c1ccc(F)cc1Br. The molecule has 1 aromatic carbocycles. The minimum Gasteiger partial charge on any atom is -0.390 e. The second-order valence-corrected chi connectivity index (χ2v) is 6.55. The van der Waals surface area contributed by atoms with Gasteiger partial charge < -0.3 is 10.7 Å². The fourth-order valence-electron chi connectivity index (χ4n) is 2.14. The number of allylic oxidation sites excluding steroid dienone is 1. The predicted octanol–water partition coefficient (Wildman–Crippen LogP) is 4.47. The van der Waals surface area contributed by atoms with E-state index in [-0.39, 0.29) is 11.6 Å². The van der Waals surface area contributed by atoms with Gasteiger partial charge in [0.05, 0.1) is 0 Å². The van der Waals surface area contributed by atoms with E-state index in [0.29, 0.717) is 28.6 Å². The molecule has 0 aliphatic heterocycles. The lowest BCUT2D eigenvalue weighted by atomic mass is 10.0. The molecule has 1 aliphatic carbocycles. The number of halogens is 2. The summed E-state index contributed by atoms with van der Waals surface area (Å²) < 4.78 is 13.5. The molecule has 2 rings (SSSR count). The first-order chi connectivity index (χ1) is 10.5. The van der Waals surface area contributed by atoms with Crippen molar-refractivity contribution in [3.63, 3.8) is 0 Å². The molecule has 0 amide bonds. The molecule has 3 nitrogen and oxygen atoms in total. The number of carbonyl (C=O) groups excluding carboxylic acids is 1. The van der Waals surface area contributed by atoms with Crippen LogP contribution in [0.5, 0.6) is 0 Å². The zero-order valence-electron chi connectivity index (χ0n) is 12.6. The molecule has 0 heterocycles. The molecular formula is C17H20BrFN2O. The maximum absolute atomic E-state index is 13.1. The van der Waals surface area contributed by atoms with E-state index in [1.165, 1.54) is 31.0 Å². The van der Waals surface area contributed by atoms with E-state index >= 15 is 0 Å². The van der Waals surface area contributed by atoms with Crippen molar-refractivity contribution in [1.29, 1.82) is 5.41 Å². The molecule has 0 unspecified atom stereocenters. The first kappa shape index (κ1) is 16.9. The number of hydrogen-bond donors (Lipinski definition) is 2. The highest BCUT2D eigenvalue weighted by Gasteiger charge is 2.20. The van der Waals surface area contributed by atoms with E-state index in [9.17, 15) is 9.18 Å². The summed E-state index contributed by atoms with van der Waals surface area (Å²) in [4.78, 5) is 12.2. The predicted molar refractivity (Wildman–Crippen MR) is 89.9 cm³/mol. The molecule has 0 aromatic heterocycles. The van der Waals surface area contributed by atoms with Gasteiger partial charge in [0.25, 0.3) is 0 Å². The molecule has 1 aromatic rings. The van der Waals surface area contributed by atoms with Crippen molar-refractivity contribution in [2.45, 2.75) is 32.6 Å². The molecule has 0 saturated heterocycles. The number of nitrogens with one attached hydrogen (secondary N) is 2. The zero-order chi connectivity index (χ0) is 16.1. The van der Waals surface area contributed by atoms with Gasteiger partial charge in [-0.25, -0.2) is 4.39 Å². The second-order valence-electron chi connectivity index (χ2n) is 5.69. The number of benzene rings is 1. The van der Waals surface area contributed by atoms with Crippen molar-refractivity contribution in [3.8, 4) is 0 Å². The van der Waals surface area contributed by atoms with E-state index in [1.807, 2.05) is 6.20 Å². The van der Waals surface area contributed by atoms with Crippen LogP contribution < -0.4 is 5.32 Å². The molecule has 1 aliphatic rings. The van der Waals surface area contributed by atoms with Crippen LogP contribution in [-0.2, 0) is 0 Å². The quantitative estimate of drug-likeness (QED) is 0.526. The van der Waals surface area contributed by atoms with Crippen molar-refractivity contribution >= 4 is 27.4 Å². The van der Waals surface area contributed by atoms with Crippen molar-refractivity contribution in [2.24, 2.45) is 5.92 Å². The molecule has 118 valence electrons. The third-order valence-electron chi connectivity index (χ3n) is 3.71. The van der Waals surface area contributed by atoms with Gasteiger partial charge in [-0.2, -0.15) is 0 Å². The van der Waals surface area contributed by atoms with Gasteiger partial charge in [0.15, 0.2) is 5.78 Å². The van der Waals surface area contributed by atoms with Crippen LogP contribution in [0.1, 0.15) is 43.0 Å². The van der Waals surface area contributed by atoms with E-state index in [2.05, 4.69) is 21.2 Å². The Balaban J connectivity index is 1.92. The van der Waals surface area contributed by atoms with Gasteiger partial charge in [-0.3, -0.25) is 4.79 Å². The number of carbonyl (C=O) groups is 1. The third kappa shape index (κ3) is 5.05. The zero-order valence-corrected chi connectivity index (χ0v) is 14.2. The lowest BCUT2D eigenvalue weighted by Crippen LogP contribution is -2.12. The molecule has 0 spiro atoms. The summed E-state index contributed by atoms with van der Waals surface area (Å²) >= 11 is 3.22. The fraction of sp³-hybridized carbons (Fsp3) is 0.412. The maximum Gasteiger partial charge on any atom is 0.164 e. The molecule has 2 N–H and O–H groups in total. The van der Waals surface area contributed by atoms with E-state index in [0.717, 1.165) is 18.0 Å². The number of rotatable bonds is 8. The van der Waals surface area contributed by atoms with Gasteiger partial charge in [0.1, 0.15) is 5.82 Å². The van der Waals surface area contributed by atoms with Crippen LogP contribution in [0.25, 0.3) is 0 Å². The maximum atomic E-state index is 13.1. The Bertz CT molecular complexity index is 609. The summed E-state index contributed by atoms with van der Waals surface area (Å²) in [5.74, 6) is 0.338. The van der Waals surface area contributed by atoms with E-state index < -0.39 is 0 Å². The molecule has 1 fully saturated rings. The Morgan fingerprint density at radius 2 is 2.18 bits per heavy atom. The normalized spacial score (nSPS) is 14.8. The van der Waals surface area contributed by atoms with Gasteiger partial charge in [-0.1, -0.05) is 0 Å². The topological polar surface area (TPSA) is 53.0 Å². The van der Waals surface area contributed by atoms with Crippen LogP contribution in [0.2, 0.25) is 0 Å². The van der Waals surface area contributed by atoms with Crippen molar-refractivity contribution in [1.82, 2.24) is 5.32 Å². The lowest BCUT2D eigenvalue weighted by molar-refractivity contribution is 0.0982. The van der Waals surface area contributed by atoms with Crippen molar-refractivity contribution in [2.75, 3.05) is 6.54 Å². The molecule has 0 radical (unpaired) electrons. The summed E-state index contributed by atoms with van der Waals surface area (Å²) in [5.41, 5.74) is 1.79. The largest absolute Gasteiger partial charge is 0.390 e. The Morgan fingerprint density at radius 1 is 1.45 bits per heavy atom. The highest BCUT2D eigenvalue weighted by Crippen LogP contribution is 2.27. The summed E-state index contributed by atoms with van der Waals surface area (Å²) in [6.07, 6.45) is 5.22. The molecule has 22 heavy (non-hydrogen) atoms. The molecule has 0 bridgehead atoms. The van der Waals surface area contributed by atoms with Gasteiger partial charge in [-0.05, 0) is 71.8 Å². The summed E-state index contributed by atoms with van der Waals surface area (Å²) in [6, 6.07) is 4.07. The summed E-state index contributed by atoms with van der Waals surface area (Å²) in [6.45, 7) is 2.66. The van der Waals surface area contributed by atoms with Gasteiger partial charge in [-0.15, -0.1) is 0 Å². The van der Waals surface area contributed by atoms with Gasteiger partial charge >= 0.3 is 0 Å². The van der Waals surface area contributed by atoms with Crippen molar-refractivity contribution in [3.05, 3.63) is 45.8 Å². The Labute approximate surface area is 138 Å². The minimum absolute atomic E-state index is 0.0544. The molecule has 0 atom stereocenters.